The van der Waals surface area contributed by atoms with E-state index in [9.17, 15) is 14.9 Å². The summed E-state index contributed by atoms with van der Waals surface area (Å²) in [6.45, 7) is 4.34. The van der Waals surface area contributed by atoms with Crippen molar-refractivity contribution in [1.29, 1.82) is 5.41 Å². The van der Waals surface area contributed by atoms with Gasteiger partial charge in [0.15, 0.2) is 12.2 Å². The Morgan fingerprint density at radius 1 is 1.22 bits per heavy atom. The molecule has 244 valence electrons. The molecule has 0 radical (unpaired) electrons. The van der Waals surface area contributed by atoms with E-state index in [2.05, 4.69) is 20.2 Å². The van der Waals surface area contributed by atoms with Gasteiger partial charge >= 0.3 is 0 Å². The fourth-order valence-corrected chi connectivity index (χ4v) is 8.09. The molecule has 2 aromatic carbocycles. The zero-order valence-electron chi connectivity index (χ0n) is 26.1. The smallest absolute Gasteiger partial charge is 0.227 e. The molecule has 5 heterocycles. The lowest BCUT2D eigenvalue weighted by Crippen LogP contribution is -2.53. The van der Waals surface area contributed by atoms with Gasteiger partial charge in [0.2, 0.25) is 5.88 Å². The van der Waals surface area contributed by atoms with Crippen LogP contribution in [0.4, 0.5) is 18.9 Å². The third-order valence-corrected chi connectivity index (χ3v) is 10.2. The Kier molecular flexibility index (Phi) is 8.04. The molecule has 4 saturated heterocycles. The summed E-state index contributed by atoms with van der Waals surface area (Å²) in [5.74, 6) is -1.45. The summed E-state index contributed by atoms with van der Waals surface area (Å²) in [6.07, 6.45) is 4.71. The van der Waals surface area contributed by atoms with E-state index in [-0.39, 0.29) is 58.7 Å². The second-order valence-corrected chi connectivity index (χ2v) is 13.0. The zero-order chi connectivity index (χ0) is 32.2. The highest BCUT2D eigenvalue weighted by atomic mass is 19.1. The molecule has 3 aromatic rings. The monoisotopic (exact) mass is 636 g/mol. The minimum atomic E-state index is -0.915. The first-order valence-corrected chi connectivity index (χ1v) is 16.1. The highest BCUT2D eigenvalue weighted by Gasteiger charge is 2.49. The summed E-state index contributed by atoms with van der Waals surface area (Å²) < 4.78 is 57.9. The number of benzene rings is 2. The van der Waals surface area contributed by atoms with Crippen molar-refractivity contribution in [3.8, 4) is 22.9 Å². The van der Waals surface area contributed by atoms with E-state index >= 15 is 8.78 Å². The Labute approximate surface area is 265 Å². The van der Waals surface area contributed by atoms with Gasteiger partial charge in [-0.2, -0.15) is 0 Å². The van der Waals surface area contributed by atoms with Crippen LogP contribution in [0.3, 0.4) is 0 Å². The number of hydrogen-bond acceptors (Lipinski definition) is 8. The fourth-order valence-electron chi connectivity index (χ4n) is 8.09. The number of fused-ring (bicyclic) bond motifs is 4. The SMILES string of the molecule is CCc1c(F)ccc2cc(O)cc(-c3nc(OC)c(C(=N)N4CC5CCC(C4)N5)c(N=COC[C@@]45CCCN4C[C@H](F)C5)c3F)c12. The molecule has 4 aliphatic heterocycles. The Hall–Kier alpha value is -3.90. The number of rotatable bonds is 8. The van der Waals surface area contributed by atoms with Gasteiger partial charge < -0.3 is 24.8 Å². The van der Waals surface area contributed by atoms with Crippen molar-refractivity contribution in [1.82, 2.24) is 20.1 Å². The maximum absolute atomic E-state index is 17.0. The largest absolute Gasteiger partial charge is 0.508 e. The van der Waals surface area contributed by atoms with Crippen molar-refractivity contribution in [2.75, 3.05) is 39.9 Å². The standard InChI is InChI=1S/C34H39F3N6O3/c1-3-24-26(36)8-5-19-11-23(44)12-25(27(19)24)30-29(37)31(39-18-46-17-34-9-4-10-43(34)14-20(35)13-34)28(33(41-30)45-2)32(38)42-15-21-6-7-22(16-42)40-21/h5,8,11-12,18,20-22,38,40,44H,3-4,6-7,9-10,13-17H2,1-2H3/t20-,21?,22?,34+/m1/s1. The van der Waals surface area contributed by atoms with Crippen LogP contribution in [0.2, 0.25) is 0 Å². The number of nitrogens with one attached hydrogen (secondary N) is 2. The normalized spacial score (nSPS) is 25.9. The number of aliphatic imine (C=N–C) groups is 1. The quantitative estimate of drug-likeness (QED) is 0.223. The second kappa shape index (κ2) is 12.0. The highest BCUT2D eigenvalue weighted by molar-refractivity contribution is 6.06. The van der Waals surface area contributed by atoms with E-state index in [0.29, 0.717) is 48.8 Å². The number of phenolic OH excluding ortho intramolecular Hbond substituents is 1. The van der Waals surface area contributed by atoms with Crippen molar-refractivity contribution >= 4 is 28.7 Å². The van der Waals surface area contributed by atoms with Gasteiger partial charge in [-0.1, -0.05) is 13.0 Å². The van der Waals surface area contributed by atoms with Crippen LogP contribution in [0.5, 0.6) is 11.6 Å². The van der Waals surface area contributed by atoms with Crippen molar-refractivity contribution in [3.63, 3.8) is 0 Å². The number of nitrogens with zero attached hydrogens (tertiary/aromatic N) is 4. The summed E-state index contributed by atoms with van der Waals surface area (Å²) in [4.78, 5) is 13.0. The number of piperazine rings is 1. The molecule has 0 saturated carbocycles. The third kappa shape index (κ3) is 5.25. The van der Waals surface area contributed by atoms with E-state index in [1.165, 1.54) is 31.4 Å². The van der Waals surface area contributed by atoms with E-state index in [0.717, 1.165) is 38.6 Å². The number of aromatic hydroxyl groups is 1. The summed E-state index contributed by atoms with van der Waals surface area (Å²) >= 11 is 0. The molecule has 12 heteroatoms. The molecule has 46 heavy (non-hydrogen) atoms. The molecule has 2 bridgehead atoms. The van der Waals surface area contributed by atoms with Crippen molar-refractivity contribution in [2.45, 2.75) is 69.2 Å². The fraction of sp³-hybridized carbons (Fsp3) is 0.500. The van der Waals surface area contributed by atoms with Crippen LogP contribution in [-0.2, 0) is 11.2 Å². The van der Waals surface area contributed by atoms with E-state index < -0.39 is 23.3 Å². The number of amidine groups is 1. The average molecular weight is 637 g/mol. The van der Waals surface area contributed by atoms with Crippen LogP contribution in [0.1, 0.15) is 50.2 Å². The number of alkyl halides is 1. The van der Waals surface area contributed by atoms with Crippen molar-refractivity contribution < 1.29 is 27.8 Å². The Bertz CT molecular complexity index is 1710. The molecule has 4 aliphatic rings. The molecular formula is C34H39F3N6O3. The van der Waals surface area contributed by atoms with Gasteiger partial charge in [-0.25, -0.2) is 23.1 Å². The van der Waals surface area contributed by atoms with Gasteiger partial charge in [0.1, 0.15) is 47.1 Å². The zero-order valence-corrected chi connectivity index (χ0v) is 26.1. The number of phenols is 1. The average Bonchev–Trinajstić information content (AvgIpc) is 3.69. The molecule has 0 spiro atoms. The molecule has 0 amide bonds. The minimum Gasteiger partial charge on any atom is -0.508 e. The van der Waals surface area contributed by atoms with Crippen molar-refractivity contribution in [2.24, 2.45) is 4.99 Å². The van der Waals surface area contributed by atoms with Crippen LogP contribution in [-0.4, -0.2) is 95.8 Å². The lowest BCUT2D eigenvalue weighted by Gasteiger charge is -2.35. The molecule has 4 fully saturated rings. The van der Waals surface area contributed by atoms with Gasteiger partial charge in [-0.05, 0) is 73.2 Å². The number of hydrogen-bond donors (Lipinski definition) is 3. The van der Waals surface area contributed by atoms with Crippen LogP contribution >= 0.6 is 0 Å². The van der Waals surface area contributed by atoms with Gasteiger partial charge in [-0.15, -0.1) is 0 Å². The molecule has 1 aromatic heterocycles. The molecule has 3 N–H and O–H groups in total. The minimum absolute atomic E-state index is 0.0259. The van der Waals surface area contributed by atoms with Gasteiger partial charge in [0.05, 0.1) is 12.6 Å². The number of likely N-dealkylation sites (tertiary alicyclic amines) is 1. The third-order valence-electron chi connectivity index (χ3n) is 10.2. The van der Waals surface area contributed by atoms with E-state index in [1.54, 1.807) is 6.92 Å². The lowest BCUT2D eigenvalue weighted by atomic mass is 9.94. The maximum atomic E-state index is 17.0. The molecule has 9 nitrogen and oxygen atoms in total. The number of halogens is 3. The highest BCUT2D eigenvalue weighted by Crippen LogP contribution is 2.43. The Morgan fingerprint density at radius 2 is 2.00 bits per heavy atom. The lowest BCUT2D eigenvalue weighted by molar-refractivity contribution is 0.111. The van der Waals surface area contributed by atoms with E-state index in [4.69, 9.17) is 9.47 Å². The van der Waals surface area contributed by atoms with Crippen LogP contribution in [0.25, 0.3) is 22.0 Å². The van der Waals surface area contributed by atoms with Gasteiger partial charge in [0.25, 0.3) is 0 Å². The summed E-state index contributed by atoms with van der Waals surface area (Å²) in [7, 11) is 1.39. The van der Waals surface area contributed by atoms with Crippen molar-refractivity contribution in [3.05, 3.63) is 47.0 Å². The first-order valence-electron chi connectivity index (χ1n) is 16.1. The number of ether oxygens (including phenoxy) is 2. The summed E-state index contributed by atoms with van der Waals surface area (Å²) in [6, 6.07) is 6.16. The number of pyridine rings is 1. The van der Waals surface area contributed by atoms with Crippen LogP contribution < -0.4 is 10.1 Å². The molecule has 2 unspecified atom stereocenters. The molecule has 0 aliphatic carbocycles. The number of methoxy groups -OCH3 is 1. The van der Waals surface area contributed by atoms with E-state index in [1.807, 2.05) is 4.90 Å². The van der Waals surface area contributed by atoms with Crippen LogP contribution in [0, 0.1) is 17.0 Å². The molecule has 4 atom stereocenters. The molecular weight excluding hydrogens is 597 g/mol. The Morgan fingerprint density at radius 3 is 2.74 bits per heavy atom. The maximum Gasteiger partial charge on any atom is 0.227 e. The number of aryl methyl sites for hydroxylation is 1. The summed E-state index contributed by atoms with van der Waals surface area (Å²) in [5, 5.41) is 24.4. The van der Waals surface area contributed by atoms with Gasteiger partial charge in [-0.3, -0.25) is 10.3 Å². The summed E-state index contributed by atoms with van der Waals surface area (Å²) in [5.41, 5.74) is -0.211. The van der Waals surface area contributed by atoms with Crippen LogP contribution in [0.15, 0.2) is 29.3 Å². The topological polar surface area (TPSA) is 106 Å². The first kappa shape index (κ1) is 30.7. The number of aromatic nitrogens is 1. The molecule has 7 rings (SSSR count). The first-order chi connectivity index (χ1) is 22.2. The Balaban J connectivity index is 1.34. The predicted molar refractivity (Wildman–Crippen MR) is 170 cm³/mol. The predicted octanol–water partition coefficient (Wildman–Crippen LogP) is 5.47. The second-order valence-electron chi connectivity index (χ2n) is 13.0. The van der Waals surface area contributed by atoms with Gasteiger partial charge in [0, 0.05) is 43.7 Å².